The molecule has 0 aliphatic carbocycles. The summed E-state index contributed by atoms with van der Waals surface area (Å²) < 4.78 is 2.10. The van der Waals surface area contributed by atoms with Crippen LogP contribution in [0, 0.1) is 0 Å². The van der Waals surface area contributed by atoms with E-state index in [1.165, 1.54) is 16.7 Å². The minimum absolute atomic E-state index is 0.883. The van der Waals surface area contributed by atoms with Crippen LogP contribution in [-0.4, -0.2) is 15.9 Å². The van der Waals surface area contributed by atoms with Crippen LogP contribution in [0.2, 0.25) is 0 Å². The Balaban J connectivity index is 1.78. The van der Waals surface area contributed by atoms with E-state index in [1.807, 2.05) is 0 Å². The Morgan fingerprint density at radius 3 is 2.50 bits per heavy atom. The van der Waals surface area contributed by atoms with Crippen LogP contribution >= 0.6 is 0 Å². The molecule has 3 rings (SSSR count). The highest BCUT2D eigenvalue weighted by molar-refractivity contribution is 5.43. The van der Waals surface area contributed by atoms with Gasteiger partial charge in [-0.15, -0.1) is 0 Å². The van der Waals surface area contributed by atoms with Gasteiger partial charge in [0.15, 0.2) is 0 Å². The summed E-state index contributed by atoms with van der Waals surface area (Å²) in [6.07, 6.45) is 6.19. The molecule has 22 heavy (non-hydrogen) atoms. The summed E-state index contributed by atoms with van der Waals surface area (Å²) in [5.41, 5.74) is 6.11. The Kier molecular flexibility index (Phi) is 4.54. The van der Waals surface area contributed by atoms with Gasteiger partial charge < -0.3 is 9.72 Å². The molecule has 0 radical (unpaired) electrons. The molecule has 0 spiro atoms. The van der Waals surface area contributed by atoms with Gasteiger partial charge in [-0.05, 0) is 41.8 Å². The molecule has 114 valence electrons. The number of imidazole rings is 1. The lowest BCUT2D eigenvalue weighted by atomic mass is 10.1. The Labute approximate surface area is 132 Å². The summed E-state index contributed by atoms with van der Waals surface area (Å²) in [6, 6.07) is 13.1. The van der Waals surface area contributed by atoms with Crippen molar-refractivity contribution in [3.05, 3.63) is 71.2 Å². The van der Waals surface area contributed by atoms with Crippen LogP contribution in [0.5, 0.6) is 0 Å². The highest BCUT2D eigenvalue weighted by Crippen LogP contribution is 2.13. The van der Waals surface area contributed by atoms with Gasteiger partial charge in [0.1, 0.15) is 5.65 Å². The van der Waals surface area contributed by atoms with Gasteiger partial charge in [0, 0.05) is 25.4 Å². The van der Waals surface area contributed by atoms with E-state index >= 15 is 0 Å². The largest absolute Gasteiger partial charge is 0.313 e. The second-order valence-corrected chi connectivity index (χ2v) is 5.66. The van der Waals surface area contributed by atoms with E-state index in [0.29, 0.717) is 0 Å². The number of aromatic nitrogens is 2. The maximum Gasteiger partial charge on any atom is 0.137 e. The quantitative estimate of drug-likeness (QED) is 0.752. The van der Waals surface area contributed by atoms with Crippen molar-refractivity contribution in [3.63, 3.8) is 0 Å². The maximum absolute atomic E-state index is 4.75. The molecule has 0 bridgehead atoms. The fourth-order valence-electron chi connectivity index (χ4n) is 2.64. The van der Waals surface area contributed by atoms with Crippen molar-refractivity contribution in [3.8, 4) is 0 Å². The first-order valence-corrected chi connectivity index (χ1v) is 8.03. The molecule has 0 saturated heterocycles. The lowest BCUT2D eigenvalue weighted by Gasteiger charge is -2.01. The topological polar surface area (TPSA) is 29.3 Å². The van der Waals surface area contributed by atoms with Gasteiger partial charge in [0.05, 0.1) is 5.69 Å². The molecule has 0 amide bonds. The van der Waals surface area contributed by atoms with Crippen LogP contribution in [0.25, 0.3) is 5.65 Å². The summed E-state index contributed by atoms with van der Waals surface area (Å²) in [5.74, 6) is 0. The number of nitrogens with zero attached hydrogens (tertiary/aromatic N) is 2. The molecule has 3 aromatic rings. The van der Waals surface area contributed by atoms with E-state index in [4.69, 9.17) is 4.98 Å². The normalized spacial score (nSPS) is 11.2. The molecule has 3 nitrogen and oxygen atoms in total. The van der Waals surface area contributed by atoms with Gasteiger partial charge in [0.25, 0.3) is 0 Å². The molecular formula is C19H23N3. The summed E-state index contributed by atoms with van der Waals surface area (Å²) in [5, 5.41) is 3.35. The third kappa shape index (κ3) is 3.37. The highest BCUT2D eigenvalue weighted by atomic mass is 15.0. The van der Waals surface area contributed by atoms with Crippen molar-refractivity contribution >= 4 is 5.65 Å². The summed E-state index contributed by atoms with van der Waals surface area (Å²) >= 11 is 0. The minimum atomic E-state index is 0.883. The zero-order valence-corrected chi connectivity index (χ0v) is 13.3. The Morgan fingerprint density at radius 2 is 1.77 bits per heavy atom. The fraction of sp³-hybridized carbons (Fsp3) is 0.316. The van der Waals surface area contributed by atoms with Crippen molar-refractivity contribution in [1.82, 2.24) is 14.7 Å². The van der Waals surface area contributed by atoms with E-state index in [1.54, 1.807) is 0 Å². The van der Waals surface area contributed by atoms with E-state index in [0.717, 1.165) is 37.3 Å². The van der Waals surface area contributed by atoms with E-state index < -0.39 is 0 Å². The fourth-order valence-corrected chi connectivity index (χ4v) is 2.64. The number of nitrogens with one attached hydrogen (secondary N) is 1. The molecule has 2 heterocycles. The molecule has 0 aliphatic heterocycles. The van der Waals surface area contributed by atoms with Gasteiger partial charge >= 0.3 is 0 Å². The smallest absolute Gasteiger partial charge is 0.137 e. The van der Waals surface area contributed by atoms with Crippen molar-refractivity contribution < 1.29 is 0 Å². The number of pyridine rings is 1. The molecule has 0 aliphatic rings. The Morgan fingerprint density at radius 1 is 1.00 bits per heavy atom. The van der Waals surface area contributed by atoms with Gasteiger partial charge in [0.2, 0.25) is 0 Å². The van der Waals surface area contributed by atoms with Gasteiger partial charge in [-0.3, -0.25) is 0 Å². The molecule has 1 aromatic carbocycles. The predicted octanol–water partition coefficient (Wildman–Crippen LogP) is 3.60. The van der Waals surface area contributed by atoms with Crippen LogP contribution in [-0.2, 0) is 19.4 Å². The van der Waals surface area contributed by atoms with Crippen molar-refractivity contribution in [1.29, 1.82) is 0 Å². The van der Waals surface area contributed by atoms with Crippen LogP contribution in [0.15, 0.2) is 48.8 Å². The summed E-state index contributed by atoms with van der Waals surface area (Å²) in [6.45, 7) is 6.18. The van der Waals surface area contributed by atoms with E-state index in [9.17, 15) is 0 Å². The molecular weight excluding hydrogens is 270 g/mol. The number of rotatable bonds is 6. The summed E-state index contributed by atoms with van der Waals surface area (Å²) in [4.78, 5) is 4.75. The van der Waals surface area contributed by atoms with Crippen LogP contribution in [0.4, 0.5) is 0 Å². The maximum atomic E-state index is 4.75. The number of hydrogen-bond donors (Lipinski definition) is 1. The third-order valence-electron chi connectivity index (χ3n) is 3.97. The lowest BCUT2D eigenvalue weighted by molar-refractivity contribution is 0.726. The SMILES string of the molecule is CCNCc1ccn2cc(Cc3ccc(CC)cc3)nc2c1. The molecule has 1 N–H and O–H groups in total. The van der Waals surface area contributed by atoms with Crippen molar-refractivity contribution in [2.75, 3.05) is 6.54 Å². The molecule has 0 unspecified atom stereocenters. The van der Waals surface area contributed by atoms with Crippen molar-refractivity contribution in [2.24, 2.45) is 0 Å². The number of fused-ring (bicyclic) bond motifs is 1. The van der Waals surface area contributed by atoms with Crippen LogP contribution < -0.4 is 5.32 Å². The highest BCUT2D eigenvalue weighted by Gasteiger charge is 2.04. The second-order valence-electron chi connectivity index (χ2n) is 5.66. The van der Waals surface area contributed by atoms with Crippen molar-refractivity contribution in [2.45, 2.75) is 33.2 Å². The Bertz CT molecular complexity index is 741. The number of benzene rings is 1. The third-order valence-corrected chi connectivity index (χ3v) is 3.97. The zero-order chi connectivity index (χ0) is 15.4. The average Bonchev–Trinajstić information content (AvgIpc) is 2.95. The lowest BCUT2D eigenvalue weighted by Crippen LogP contribution is -2.11. The van der Waals surface area contributed by atoms with E-state index in [2.05, 4.69) is 72.4 Å². The average molecular weight is 293 g/mol. The van der Waals surface area contributed by atoms with Crippen LogP contribution in [0.1, 0.15) is 36.2 Å². The molecule has 0 atom stereocenters. The first kappa shape index (κ1) is 14.8. The molecule has 2 aromatic heterocycles. The minimum Gasteiger partial charge on any atom is -0.313 e. The van der Waals surface area contributed by atoms with Crippen LogP contribution in [0.3, 0.4) is 0 Å². The second kappa shape index (κ2) is 6.75. The van der Waals surface area contributed by atoms with Gasteiger partial charge in [-0.1, -0.05) is 38.1 Å². The first-order valence-electron chi connectivity index (χ1n) is 8.03. The van der Waals surface area contributed by atoms with Gasteiger partial charge in [-0.2, -0.15) is 0 Å². The first-order chi connectivity index (χ1) is 10.8. The molecule has 0 saturated carbocycles. The van der Waals surface area contributed by atoms with E-state index in [-0.39, 0.29) is 0 Å². The number of aryl methyl sites for hydroxylation is 1. The monoisotopic (exact) mass is 293 g/mol. The standard InChI is InChI=1S/C19H23N3/c1-3-15-5-7-16(8-6-15)11-18-14-22-10-9-17(13-20-4-2)12-19(22)21-18/h5-10,12,14,20H,3-4,11,13H2,1-2H3. The predicted molar refractivity (Wildman–Crippen MR) is 91.2 cm³/mol. The summed E-state index contributed by atoms with van der Waals surface area (Å²) in [7, 11) is 0. The molecule has 3 heteroatoms. The number of hydrogen-bond acceptors (Lipinski definition) is 2. The molecule has 0 fully saturated rings. The zero-order valence-electron chi connectivity index (χ0n) is 13.3. The van der Waals surface area contributed by atoms with Gasteiger partial charge in [-0.25, -0.2) is 4.98 Å². The Hall–Kier alpha value is -2.13.